The Hall–Kier alpha value is -1.22. The van der Waals surface area contributed by atoms with Crippen molar-refractivity contribution in [1.82, 2.24) is 0 Å². The van der Waals surface area contributed by atoms with Gasteiger partial charge in [-0.15, -0.1) is 0 Å². The monoisotopic (exact) mass is 206 g/mol. The summed E-state index contributed by atoms with van der Waals surface area (Å²) in [5, 5.41) is 0. The number of anilines is 2. The van der Waals surface area contributed by atoms with Crippen LogP contribution < -0.4 is 10.6 Å². The quantitative estimate of drug-likeness (QED) is 0.750. The summed E-state index contributed by atoms with van der Waals surface area (Å²) in [6, 6.07) is 6.18. The number of rotatable bonds is 2. The molecule has 0 spiro atoms. The van der Waals surface area contributed by atoms with Crippen LogP contribution in [0.5, 0.6) is 0 Å². The summed E-state index contributed by atoms with van der Waals surface area (Å²) in [5.41, 5.74) is 9.26. The van der Waals surface area contributed by atoms with E-state index in [0.717, 1.165) is 36.4 Å². The van der Waals surface area contributed by atoms with Crippen LogP contribution in [0.1, 0.15) is 12.0 Å². The lowest BCUT2D eigenvalue weighted by molar-refractivity contribution is 0.121. The molecule has 0 bridgehead atoms. The van der Waals surface area contributed by atoms with Crippen molar-refractivity contribution in [2.75, 3.05) is 30.8 Å². The lowest BCUT2D eigenvalue weighted by Crippen LogP contribution is -2.23. The van der Waals surface area contributed by atoms with Crippen molar-refractivity contribution in [2.45, 2.75) is 19.4 Å². The van der Waals surface area contributed by atoms with E-state index in [4.69, 9.17) is 10.5 Å². The van der Waals surface area contributed by atoms with Gasteiger partial charge in [-0.05, 0) is 25.0 Å². The number of aryl methyl sites for hydroxylation is 1. The minimum Gasteiger partial charge on any atom is -0.397 e. The van der Waals surface area contributed by atoms with E-state index in [9.17, 15) is 0 Å². The Balaban J connectivity index is 2.20. The first kappa shape index (κ1) is 10.3. The number of nitrogens with zero attached hydrogens (tertiary/aromatic N) is 1. The molecule has 3 heteroatoms. The van der Waals surface area contributed by atoms with Gasteiger partial charge in [0.15, 0.2) is 0 Å². The molecule has 1 heterocycles. The van der Waals surface area contributed by atoms with Gasteiger partial charge in [-0.25, -0.2) is 0 Å². The maximum absolute atomic E-state index is 6.07. The van der Waals surface area contributed by atoms with Crippen LogP contribution in [0.25, 0.3) is 0 Å². The van der Waals surface area contributed by atoms with E-state index in [0.29, 0.717) is 6.10 Å². The Labute approximate surface area is 90.8 Å². The molecule has 0 saturated carbocycles. The average Bonchev–Trinajstić information content (AvgIpc) is 2.70. The van der Waals surface area contributed by atoms with E-state index >= 15 is 0 Å². The van der Waals surface area contributed by atoms with Crippen LogP contribution in [0.3, 0.4) is 0 Å². The van der Waals surface area contributed by atoms with E-state index in [2.05, 4.69) is 17.0 Å². The second-order valence-corrected chi connectivity index (χ2v) is 4.10. The number of hydrogen-bond donors (Lipinski definition) is 1. The molecule has 1 unspecified atom stereocenters. The van der Waals surface area contributed by atoms with Crippen LogP contribution in [0, 0.1) is 6.92 Å². The van der Waals surface area contributed by atoms with E-state index in [1.54, 1.807) is 7.11 Å². The van der Waals surface area contributed by atoms with Gasteiger partial charge in [-0.3, -0.25) is 0 Å². The Morgan fingerprint density at radius 2 is 2.27 bits per heavy atom. The number of nitrogen functional groups attached to an aromatic ring is 1. The van der Waals surface area contributed by atoms with Gasteiger partial charge in [0.2, 0.25) is 0 Å². The van der Waals surface area contributed by atoms with Crippen LogP contribution in [-0.4, -0.2) is 26.3 Å². The summed E-state index contributed by atoms with van der Waals surface area (Å²) in [6.45, 7) is 4.03. The third-order valence-electron chi connectivity index (χ3n) is 3.12. The number of hydrogen-bond acceptors (Lipinski definition) is 3. The topological polar surface area (TPSA) is 38.5 Å². The minimum atomic E-state index is 0.352. The average molecular weight is 206 g/mol. The lowest BCUT2D eigenvalue weighted by Gasteiger charge is -2.21. The van der Waals surface area contributed by atoms with Crippen LogP contribution in [-0.2, 0) is 4.74 Å². The molecule has 1 saturated heterocycles. The molecule has 1 aromatic rings. The summed E-state index contributed by atoms with van der Waals surface area (Å²) in [7, 11) is 1.77. The molecule has 0 amide bonds. The van der Waals surface area contributed by atoms with Crippen molar-refractivity contribution >= 4 is 11.4 Å². The number of benzene rings is 1. The van der Waals surface area contributed by atoms with Crippen molar-refractivity contribution in [3.05, 3.63) is 23.8 Å². The van der Waals surface area contributed by atoms with E-state index in [1.165, 1.54) is 0 Å². The van der Waals surface area contributed by atoms with Crippen molar-refractivity contribution in [3.63, 3.8) is 0 Å². The predicted molar refractivity (Wildman–Crippen MR) is 63.2 cm³/mol. The summed E-state index contributed by atoms with van der Waals surface area (Å²) in [6.07, 6.45) is 1.44. The molecular weight excluding hydrogens is 188 g/mol. The number of methoxy groups -OCH3 is 1. The largest absolute Gasteiger partial charge is 0.397 e. The fraction of sp³-hybridized carbons (Fsp3) is 0.500. The van der Waals surface area contributed by atoms with Gasteiger partial charge in [0.05, 0.1) is 17.5 Å². The molecular formula is C12H18N2O. The molecule has 2 rings (SSSR count). The smallest absolute Gasteiger partial charge is 0.0762 e. The Kier molecular flexibility index (Phi) is 2.82. The van der Waals surface area contributed by atoms with E-state index in [1.807, 2.05) is 13.0 Å². The molecule has 1 aliphatic rings. The van der Waals surface area contributed by atoms with Crippen molar-refractivity contribution in [2.24, 2.45) is 0 Å². The first-order valence-electron chi connectivity index (χ1n) is 5.35. The molecule has 0 aromatic heterocycles. The van der Waals surface area contributed by atoms with Crippen molar-refractivity contribution in [1.29, 1.82) is 0 Å². The maximum Gasteiger partial charge on any atom is 0.0762 e. The van der Waals surface area contributed by atoms with Crippen LogP contribution in [0.4, 0.5) is 11.4 Å². The second kappa shape index (κ2) is 4.11. The number of para-hydroxylation sites is 1. The van der Waals surface area contributed by atoms with Gasteiger partial charge in [0, 0.05) is 20.2 Å². The fourth-order valence-electron chi connectivity index (χ4n) is 2.08. The molecule has 82 valence electrons. The first-order chi connectivity index (χ1) is 7.22. The lowest BCUT2D eigenvalue weighted by atomic mass is 10.1. The highest BCUT2D eigenvalue weighted by Gasteiger charge is 2.23. The van der Waals surface area contributed by atoms with Crippen LogP contribution in [0.15, 0.2) is 18.2 Å². The fourth-order valence-corrected chi connectivity index (χ4v) is 2.08. The Bertz CT molecular complexity index is 351. The molecule has 1 atom stereocenters. The third kappa shape index (κ3) is 1.92. The number of ether oxygens (including phenoxy) is 1. The second-order valence-electron chi connectivity index (χ2n) is 4.10. The van der Waals surface area contributed by atoms with Gasteiger partial charge in [-0.2, -0.15) is 0 Å². The molecule has 0 aliphatic carbocycles. The zero-order valence-electron chi connectivity index (χ0n) is 9.36. The molecule has 1 aromatic carbocycles. The van der Waals surface area contributed by atoms with Crippen molar-refractivity contribution < 1.29 is 4.74 Å². The maximum atomic E-state index is 6.07. The van der Waals surface area contributed by atoms with Gasteiger partial charge in [0.1, 0.15) is 0 Å². The molecule has 15 heavy (non-hydrogen) atoms. The summed E-state index contributed by atoms with van der Waals surface area (Å²) in [5.74, 6) is 0. The molecule has 1 fully saturated rings. The zero-order chi connectivity index (χ0) is 10.8. The molecule has 0 radical (unpaired) electrons. The summed E-state index contributed by atoms with van der Waals surface area (Å²) >= 11 is 0. The first-order valence-corrected chi connectivity index (χ1v) is 5.35. The Morgan fingerprint density at radius 3 is 2.93 bits per heavy atom. The standard InChI is InChI=1S/C12H18N2O/c1-9-4-3-5-11(12(9)13)14-7-6-10(8-14)15-2/h3-5,10H,6-8,13H2,1-2H3. The molecule has 3 nitrogen and oxygen atoms in total. The van der Waals surface area contributed by atoms with Crippen LogP contribution in [0.2, 0.25) is 0 Å². The highest BCUT2D eigenvalue weighted by atomic mass is 16.5. The van der Waals surface area contributed by atoms with Crippen LogP contribution >= 0.6 is 0 Å². The van der Waals surface area contributed by atoms with Gasteiger partial charge in [0.25, 0.3) is 0 Å². The molecule has 1 aliphatic heterocycles. The molecule has 2 N–H and O–H groups in total. The van der Waals surface area contributed by atoms with Gasteiger partial charge < -0.3 is 15.4 Å². The van der Waals surface area contributed by atoms with Gasteiger partial charge >= 0.3 is 0 Å². The number of nitrogens with two attached hydrogens (primary N) is 1. The normalized spacial score (nSPS) is 20.9. The van der Waals surface area contributed by atoms with E-state index in [-0.39, 0.29) is 0 Å². The van der Waals surface area contributed by atoms with E-state index < -0.39 is 0 Å². The predicted octanol–water partition coefficient (Wildman–Crippen LogP) is 1.80. The summed E-state index contributed by atoms with van der Waals surface area (Å²) in [4.78, 5) is 2.30. The van der Waals surface area contributed by atoms with Gasteiger partial charge in [-0.1, -0.05) is 12.1 Å². The third-order valence-corrected chi connectivity index (χ3v) is 3.12. The van der Waals surface area contributed by atoms with Crippen molar-refractivity contribution in [3.8, 4) is 0 Å². The zero-order valence-corrected chi connectivity index (χ0v) is 9.36. The highest BCUT2D eigenvalue weighted by Crippen LogP contribution is 2.29. The highest BCUT2D eigenvalue weighted by molar-refractivity contribution is 5.71. The minimum absolute atomic E-state index is 0.352. The Morgan fingerprint density at radius 1 is 1.47 bits per heavy atom. The SMILES string of the molecule is COC1CCN(c2cccc(C)c2N)C1. The summed E-state index contributed by atoms with van der Waals surface area (Å²) < 4.78 is 5.35.